The SMILES string of the molecule is CC(C)[C@@H](NC(=O)COC(=O)c1cccc(N(C)C)c1)c1ccc2c(c1)OCCO2. The maximum Gasteiger partial charge on any atom is 0.338 e. The molecule has 0 unspecified atom stereocenters. The predicted molar refractivity (Wildman–Crippen MR) is 114 cm³/mol. The monoisotopic (exact) mass is 412 g/mol. The Morgan fingerprint density at radius 2 is 1.80 bits per heavy atom. The Morgan fingerprint density at radius 1 is 1.07 bits per heavy atom. The number of esters is 1. The third-order valence-electron chi connectivity index (χ3n) is 4.84. The maximum atomic E-state index is 12.5. The van der Waals surface area contributed by atoms with E-state index in [4.69, 9.17) is 14.2 Å². The van der Waals surface area contributed by atoms with Crippen LogP contribution >= 0.6 is 0 Å². The van der Waals surface area contributed by atoms with Gasteiger partial charge in [-0.1, -0.05) is 26.0 Å². The molecule has 1 aliphatic heterocycles. The molecule has 0 spiro atoms. The average Bonchev–Trinajstić information content (AvgIpc) is 2.75. The summed E-state index contributed by atoms with van der Waals surface area (Å²) in [6.45, 7) is 4.71. The summed E-state index contributed by atoms with van der Waals surface area (Å²) in [4.78, 5) is 26.7. The zero-order valence-corrected chi connectivity index (χ0v) is 17.8. The molecule has 3 rings (SSSR count). The van der Waals surface area contributed by atoms with Crippen molar-refractivity contribution in [2.45, 2.75) is 19.9 Å². The minimum Gasteiger partial charge on any atom is -0.486 e. The summed E-state index contributed by atoms with van der Waals surface area (Å²) in [5.74, 6) is 0.609. The minimum atomic E-state index is -0.533. The van der Waals surface area contributed by atoms with Gasteiger partial charge < -0.3 is 24.4 Å². The normalized spacial score (nSPS) is 13.5. The number of fused-ring (bicyclic) bond motifs is 1. The number of benzene rings is 2. The van der Waals surface area contributed by atoms with Gasteiger partial charge in [-0.15, -0.1) is 0 Å². The molecule has 1 amide bonds. The number of carbonyl (C=O) groups excluding carboxylic acids is 2. The van der Waals surface area contributed by atoms with Crippen LogP contribution in [-0.4, -0.2) is 45.8 Å². The molecule has 0 aromatic heterocycles. The van der Waals surface area contributed by atoms with E-state index in [0.717, 1.165) is 11.3 Å². The van der Waals surface area contributed by atoms with Crippen LogP contribution in [0.3, 0.4) is 0 Å². The van der Waals surface area contributed by atoms with Gasteiger partial charge in [-0.2, -0.15) is 0 Å². The van der Waals surface area contributed by atoms with Crippen LogP contribution in [0.5, 0.6) is 11.5 Å². The molecule has 0 fully saturated rings. The summed E-state index contributed by atoms with van der Waals surface area (Å²) in [6, 6.07) is 12.5. The maximum absolute atomic E-state index is 12.5. The second kappa shape index (κ2) is 9.52. The topological polar surface area (TPSA) is 77.1 Å². The number of nitrogens with one attached hydrogen (secondary N) is 1. The van der Waals surface area contributed by atoms with Crippen LogP contribution in [0.1, 0.15) is 35.8 Å². The number of anilines is 1. The Labute approximate surface area is 176 Å². The quantitative estimate of drug-likeness (QED) is 0.704. The second-order valence-corrected chi connectivity index (χ2v) is 7.71. The number of nitrogens with zero attached hydrogens (tertiary/aromatic N) is 1. The van der Waals surface area contributed by atoms with E-state index in [1.54, 1.807) is 18.2 Å². The Morgan fingerprint density at radius 3 is 2.50 bits per heavy atom. The van der Waals surface area contributed by atoms with E-state index in [9.17, 15) is 9.59 Å². The number of hydrogen-bond acceptors (Lipinski definition) is 6. The molecule has 1 heterocycles. The second-order valence-electron chi connectivity index (χ2n) is 7.71. The minimum absolute atomic E-state index is 0.129. The zero-order chi connectivity index (χ0) is 21.7. The Kier molecular flexibility index (Phi) is 6.82. The van der Waals surface area contributed by atoms with Gasteiger partial charge in [-0.05, 0) is 41.8 Å². The Balaban J connectivity index is 1.62. The average molecular weight is 412 g/mol. The summed E-state index contributed by atoms with van der Waals surface area (Å²) >= 11 is 0. The largest absolute Gasteiger partial charge is 0.486 e. The molecule has 2 aromatic carbocycles. The van der Waals surface area contributed by atoms with Crippen molar-refractivity contribution in [1.29, 1.82) is 0 Å². The summed E-state index contributed by atoms with van der Waals surface area (Å²) in [7, 11) is 3.78. The number of carbonyl (C=O) groups is 2. The number of amides is 1. The molecular weight excluding hydrogens is 384 g/mol. The molecule has 0 saturated carbocycles. The number of rotatable bonds is 7. The Hall–Kier alpha value is -3.22. The molecule has 7 heteroatoms. The molecule has 2 aromatic rings. The fraction of sp³-hybridized carbons (Fsp3) is 0.391. The van der Waals surface area contributed by atoms with Crippen molar-refractivity contribution < 1.29 is 23.8 Å². The fourth-order valence-corrected chi connectivity index (χ4v) is 3.23. The van der Waals surface area contributed by atoms with Crippen molar-refractivity contribution in [1.82, 2.24) is 5.32 Å². The number of ether oxygens (including phenoxy) is 3. The third kappa shape index (κ3) is 5.23. The zero-order valence-electron chi connectivity index (χ0n) is 17.8. The van der Waals surface area contributed by atoms with Crippen LogP contribution in [0.15, 0.2) is 42.5 Å². The number of hydrogen-bond donors (Lipinski definition) is 1. The highest BCUT2D eigenvalue weighted by Crippen LogP contribution is 2.34. The highest BCUT2D eigenvalue weighted by Gasteiger charge is 2.22. The van der Waals surface area contributed by atoms with Gasteiger partial charge in [0.05, 0.1) is 11.6 Å². The van der Waals surface area contributed by atoms with Gasteiger partial charge in [0.25, 0.3) is 5.91 Å². The van der Waals surface area contributed by atoms with E-state index in [-0.39, 0.29) is 24.5 Å². The molecule has 1 aliphatic rings. The van der Waals surface area contributed by atoms with E-state index in [0.29, 0.717) is 30.3 Å². The van der Waals surface area contributed by atoms with E-state index >= 15 is 0 Å². The van der Waals surface area contributed by atoms with E-state index in [2.05, 4.69) is 5.32 Å². The molecule has 160 valence electrons. The lowest BCUT2D eigenvalue weighted by atomic mass is 9.95. The van der Waals surface area contributed by atoms with Gasteiger partial charge in [-0.25, -0.2) is 4.79 Å². The molecule has 30 heavy (non-hydrogen) atoms. The van der Waals surface area contributed by atoms with Crippen LogP contribution in [-0.2, 0) is 9.53 Å². The lowest BCUT2D eigenvalue weighted by molar-refractivity contribution is -0.125. The van der Waals surface area contributed by atoms with Crippen LogP contribution in [0.4, 0.5) is 5.69 Å². The molecule has 1 atom stereocenters. The van der Waals surface area contributed by atoms with Crippen LogP contribution in [0, 0.1) is 5.92 Å². The fourth-order valence-electron chi connectivity index (χ4n) is 3.23. The highest BCUT2D eigenvalue weighted by atomic mass is 16.6. The van der Waals surface area contributed by atoms with Gasteiger partial charge in [0.1, 0.15) is 13.2 Å². The predicted octanol–water partition coefficient (Wildman–Crippen LogP) is 3.19. The van der Waals surface area contributed by atoms with Crippen molar-refractivity contribution in [2.24, 2.45) is 5.92 Å². The highest BCUT2D eigenvalue weighted by molar-refractivity contribution is 5.92. The van der Waals surface area contributed by atoms with Gasteiger partial charge >= 0.3 is 5.97 Å². The third-order valence-corrected chi connectivity index (χ3v) is 4.84. The first-order chi connectivity index (χ1) is 14.3. The van der Waals surface area contributed by atoms with Crippen molar-refractivity contribution in [3.63, 3.8) is 0 Å². The molecule has 7 nitrogen and oxygen atoms in total. The van der Waals surface area contributed by atoms with Gasteiger partial charge in [0.2, 0.25) is 0 Å². The van der Waals surface area contributed by atoms with Crippen molar-refractivity contribution in [2.75, 3.05) is 38.8 Å². The smallest absolute Gasteiger partial charge is 0.338 e. The molecule has 0 bridgehead atoms. The first-order valence-corrected chi connectivity index (χ1v) is 9.98. The molecule has 0 radical (unpaired) electrons. The summed E-state index contributed by atoms with van der Waals surface area (Å²) in [5, 5.41) is 2.96. The van der Waals surface area contributed by atoms with Gasteiger partial charge in [0, 0.05) is 19.8 Å². The van der Waals surface area contributed by atoms with E-state index in [1.807, 2.05) is 57.1 Å². The summed E-state index contributed by atoms with van der Waals surface area (Å²) < 4.78 is 16.4. The first-order valence-electron chi connectivity index (χ1n) is 9.98. The van der Waals surface area contributed by atoms with Gasteiger partial charge in [0.15, 0.2) is 18.1 Å². The van der Waals surface area contributed by atoms with Crippen molar-refractivity contribution in [3.05, 3.63) is 53.6 Å². The lowest BCUT2D eigenvalue weighted by Gasteiger charge is -2.25. The standard InChI is InChI=1S/C23H28N2O5/c1-15(2)22(16-8-9-19-20(13-16)29-11-10-28-19)24-21(26)14-30-23(27)17-6-5-7-18(12-17)25(3)4/h5-9,12-13,15,22H,10-11,14H2,1-4H3,(H,24,26)/t22-/m1/s1. The van der Waals surface area contributed by atoms with Crippen LogP contribution in [0.25, 0.3) is 0 Å². The molecule has 1 N–H and O–H groups in total. The summed E-state index contributed by atoms with van der Waals surface area (Å²) in [5.41, 5.74) is 2.20. The van der Waals surface area contributed by atoms with Crippen molar-refractivity contribution >= 4 is 17.6 Å². The molecule has 0 aliphatic carbocycles. The lowest BCUT2D eigenvalue weighted by Crippen LogP contribution is -2.35. The van der Waals surface area contributed by atoms with E-state index < -0.39 is 5.97 Å². The van der Waals surface area contributed by atoms with Crippen molar-refractivity contribution in [3.8, 4) is 11.5 Å². The molecular formula is C23H28N2O5. The van der Waals surface area contributed by atoms with Crippen LogP contribution < -0.4 is 19.7 Å². The van der Waals surface area contributed by atoms with E-state index in [1.165, 1.54) is 0 Å². The van der Waals surface area contributed by atoms with Crippen LogP contribution in [0.2, 0.25) is 0 Å². The summed E-state index contributed by atoms with van der Waals surface area (Å²) in [6.07, 6.45) is 0. The first kappa shape index (κ1) is 21.5. The van der Waals surface area contributed by atoms with Gasteiger partial charge in [-0.3, -0.25) is 4.79 Å². The molecule has 0 saturated heterocycles. The Bertz CT molecular complexity index is 910.